The van der Waals surface area contributed by atoms with E-state index in [0.717, 1.165) is 51.2 Å². The fraction of sp³-hybridized carbons (Fsp3) is 0.692. The largest absolute Gasteiger partial charge is 0.460 e. The summed E-state index contributed by atoms with van der Waals surface area (Å²) in [5.74, 6) is 0. The third kappa shape index (κ3) is 2.72. The molecule has 0 bridgehead atoms. The van der Waals surface area contributed by atoms with Crippen LogP contribution in [0.15, 0.2) is 12.4 Å². The smallest absolute Gasteiger partial charge is 0.419 e. The predicted octanol–water partition coefficient (Wildman–Crippen LogP) is 2.41. The summed E-state index contributed by atoms with van der Waals surface area (Å²) < 4.78 is 42.7. The Morgan fingerprint density at radius 1 is 1.15 bits per heavy atom. The molecule has 1 aromatic rings. The Morgan fingerprint density at radius 2 is 1.75 bits per heavy atom. The molecule has 2 aliphatic rings. The quantitative estimate of drug-likeness (QED) is 0.907. The van der Waals surface area contributed by atoms with Crippen molar-refractivity contribution in [2.24, 2.45) is 5.41 Å². The van der Waals surface area contributed by atoms with Gasteiger partial charge in [0.1, 0.15) is 6.10 Å². The maximum absolute atomic E-state index is 12.4. The first kappa shape index (κ1) is 13.6. The molecular formula is C13H16F3N3O. The summed E-state index contributed by atoms with van der Waals surface area (Å²) in [6.07, 6.45) is 1.13. The van der Waals surface area contributed by atoms with Crippen molar-refractivity contribution < 1.29 is 17.9 Å². The van der Waals surface area contributed by atoms with Crippen LogP contribution < -0.4 is 10.1 Å². The number of hydrogen-bond donors (Lipinski definition) is 1. The second kappa shape index (κ2) is 4.87. The van der Waals surface area contributed by atoms with Crippen molar-refractivity contribution in [3.05, 3.63) is 18.0 Å². The van der Waals surface area contributed by atoms with Crippen molar-refractivity contribution in [3.8, 4) is 6.01 Å². The zero-order valence-electron chi connectivity index (χ0n) is 10.9. The number of aromatic nitrogens is 2. The van der Waals surface area contributed by atoms with Crippen LogP contribution in [0.25, 0.3) is 0 Å². The second-order valence-electron chi connectivity index (χ2n) is 5.67. The first-order chi connectivity index (χ1) is 9.47. The van der Waals surface area contributed by atoms with Gasteiger partial charge in [0.25, 0.3) is 0 Å². The number of hydrogen-bond acceptors (Lipinski definition) is 4. The van der Waals surface area contributed by atoms with E-state index in [1.807, 2.05) is 0 Å². The summed E-state index contributed by atoms with van der Waals surface area (Å²) >= 11 is 0. The van der Waals surface area contributed by atoms with Crippen molar-refractivity contribution >= 4 is 0 Å². The van der Waals surface area contributed by atoms with Gasteiger partial charge in [-0.25, -0.2) is 9.97 Å². The third-order valence-electron chi connectivity index (χ3n) is 4.22. The lowest BCUT2D eigenvalue weighted by Crippen LogP contribution is -2.55. The fourth-order valence-corrected chi connectivity index (χ4v) is 2.83. The van der Waals surface area contributed by atoms with E-state index < -0.39 is 11.7 Å². The zero-order chi connectivity index (χ0) is 14.2. The van der Waals surface area contributed by atoms with E-state index in [1.165, 1.54) is 0 Å². The Hall–Kier alpha value is -1.37. The lowest BCUT2D eigenvalue weighted by atomic mass is 9.69. The molecule has 1 saturated heterocycles. The van der Waals surface area contributed by atoms with Gasteiger partial charge < -0.3 is 10.1 Å². The zero-order valence-corrected chi connectivity index (χ0v) is 10.9. The van der Waals surface area contributed by atoms with E-state index in [0.29, 0.717) is 5.41 Å². The molecule has 0 radical (unpaired) electrons. The van der Waals surface area contributed by atoms with Gasteiger partial charge in [0.2, 0.25) is 0 Å². The third-order valence-corrected chi connectivity index (χ3v) is 4.22. The highest BCUT2D eigenvalue weighted by atomic mass is 19.4. The molecule has 1 aliphatic heterocycles. The Balaban J connectivity index is 1.56. The molecule has 1 saturated carbocycles. The van der Waals surface area contributed by atoms with E-state index in [2.05, 4.69) is 15.3 Å². The summed E-state index contributed by atoms with van der Waals surface area (Å²) in [5, 5.41) is 3.28. The Labute approximate surface area is 114 Å². The Kier molecular flexibility index (Phi) is 3.32. The molecule has 110 valence electrons. The Bertz CT molecular complexity index is 461. The fourth-order valence-electron chi connectivity index (χ4n) is 2.83. The summed E-state index contributed by atoms with van der Waals surface area (Å²) in [6.45, 7) is 2.13. The number of ether oxygens (including phenoxy) is 1. The number of rotatable bonds is 2. The van der Waals surface area contributed by atoms with Gasteiger partial charge in [-0.1, -0.05) is 0 Å². The average molecular weight is 287 g/mol. The van der Waals surface area contributed by atoms with Gasteiger partial charge in [0, 0.05) is 25.5 Å². The van der Waals surface area contributed by atoms with Gasteiger partial charge in [-0.15, -0.1) is 0 Å². The highest BCUT2D eigenvalue weighted by molar-refractivity contribution is 5.11. The lowest BCUT2D eigenvalue weighted by Gasteiger charge is -2.47. The summed E-state index contributed by atoms with van der Waals surface area (Å²) in [4.78, 5) is 7.29. The topological polar surface area (TPSA) is 47.0 Å². The van der Waals surface area contributed by atoms with Gasteiger partial charge in [0.15, 0.2) is 0 Å². The highest BCUT2D eigenvalue weighted by Crippen LogP contribution is 2.40. The van der Waals surface area contributed by atoms with Crippen LogP contribution in [0.5, 0.6) is 6.01 Å². The molecule has 20 heavy (non-hydrogen) atoms. The SMILES string of the molecule is FC(F)(F)c1cnc(OC2CCC3(CC2)CNC3)nc1. The molecule has 2 fully saturated rings. The van der Waals surface area contributed by atoms with Crippen LogP contribution in [0, 0.1) is 5.41 Å². The van der Waals surface area contributed by atoms with Crippen molar-refractivity contribution in [1.29, 1.82) is 0 Å². The minimum absolute atomic E-state index is 0.0120. The molecule has 1 aliphatic carbocycles. The standard InChI is InChI=1S/C13H16F3N3O/c14-13(15,16)9-5-18-11(19-6-9)20-10-1-3-12(4-2-10)7-17-8-12/h5-6,10,17H,1-4,7-8H2. The summed E-state index contributed by atoms with van der Waals surface area (Å²) in [6, 6.07) is 0.0330. The van der Waals surface area contributed by atoms with Crippen LogP contribution in [0.3, 0.4) is 0 Å². The maximum atomic E-state index is 12.4. The van der Waals surface area contributed by atoms with Crippen LogP contribution >= 0.6 is 0 Å². The van der Waals surface area contributed by atoms with E-state index in [4.69, 9.17) is 4.74 Å². The first-order valence-electron chi connectivity index (χ1n) is 6.74. The van der Waals surface area contributed by atoms with E-state index in [9.17, 15) is 13.2 Å². The Morgan fingerprint density at radius 3 is 2.20 bits per heavy atom. The van der Waals surface area contributed by atoms with Gasteiger partial charge in [-0.3, -0.25) is 0 Å². The minimum atomic E-state index is -4.41. The van der Waals surface area contributed by atoms with Crippen LogP contribution in [-0.2, 0) is 6.18 Å². The summed E-state index contributed by atoms with van der Waals surface area (Å²) in [7, 11) is 0. The molecule has 3 rings (SSSR count). The number of halogens is 3. The van der Waals surface area contributed by atoms with Crippen LogP contribution in [0.4, 0.5) is 13.2 Å². The molecule has 1 N–H and O–H groups in total. The van der Waals surface area contributed by atoms with Gasteiger partial charge in [-0.2, -0.15) is 13.2 Å². The van der Waals surface area contributed by atoms with Crippen molar-refractivity contribution in [2.75, 3.05) is 13.1 Å². The molecule has 0 aromatic carbocycles. The monoisotopic (exact) mass is 287 g/mol. The maximum Gasteiger partial charge on any atom is 0.419 e. The van der Waals surface area contributed by atoms with Crippen LogP contribution in [0.2, 0.25) is 0 Å². The number of nitrogens with one attached hydrogen (secondary N) is 1. The van der Waals surface area contributed by atoms with Crippen molar-refractivity contribution in [3.63, 3.8) is 0 Å². The summed E-state index contributed by atoms with van der Waals surface area (Å²) in [5.41, 5.74) is -0.422. The molecule has 0 atom stereocenters. The van der Waals surface area contributed by atoms with Gasteiger partial charge >= 0.3 is 12.2 Å². The molecule has 7 heteroatoms. The number of alkyl halides is 3. The normalized spacial score (nSPS) is 22.6. The lowest BCUT2D eigenvalue weighted by molar-refractivity contribution is -0.138. The molecular weight excluding hydrogens is 271 g/mol. The van der Waals surface area contributed by atoms with E-state index in [1.54, 1.807) is 0 Å². The average Bonchev–Trinajstić information content (AvgIpc) is 2.37. The van der Waals surface area contributed by atoms with Crippen molar-refractivity contribution in [1.82, 2.24) is 15.3 Å². The second-order valence-corrected chi connectivity index (χ2v) is 5.67. The van der Waals surface area contributed by atoms with Crippen LogP contribution in [0.1, 0.15) is 31.2 Å². The first-order valence-corrected chi connectivity index (χ1v) is 6.74. The van der Waals surface area contributed by atoms with E-state index >= 15 is 0 Å². The number of nitrogens with zero attached hydrogens (tertiary/aromatic N) is 2. The molecule has 4 nitrogen and oxygen atoms in total. The van der Waals surface area contributed by atoms with Crippen molar-refractivity contribution in [2.45, 2.75) is 38.0 Å². The minimum Gasteiger partial charge on any atom is -0.460 e. The molecule has 1 aromatic heterocycles. The van der Waals surface area contributed by atoms with Gasteiger partial charge in [-0.05, 0) is 31.1 Å². The highest BCUT2D eigenvalue weighted by Gasteiger charge is 2.40. The molecule has 0 amide bonds. The predicted molar refractivity (Wildman–Crippen MR) is 65.2 cm³/mol. The van der Waals surface area contributed by atoms with Gasteiger partial charge in [0.05, 0.1) is 5.56 Å². The molecule has 2 heterocycles. The molecule has 0 unspecified atom stereocenters. The van der Waals surface area contributed by atoms with E-state index in [-0.39, 0.29) is 12.1 Å². The van der Waals surface area contributed by atoms with Crippen LogP contribution in [-0.4, -0.2) is 29.2 Å². The molecule has 1 spiro atoms.